The van der Waals surface area contributed by atoms with Crippen LogP contribution < -0.4 is 5.32 Å². The first-order valence-corrected chi connectivity index (χ1v) is 11.4. The Balaban J connectivity index is 1.68. The monoisotopic (exact) mass is 440 g/mol. The third kappa shape index (κ3) is 5.06. The number of amides is 1. The van der Waals surface area contributed by atoms with Crippen LogP contribution in [0.25, 0.3) is 0 Å². The van der Waals surface area contributed by atoms with E-state index in [1.165, 1.54) is 4.31 Å². The van der Waals surface area contributed by atoms with Gasteiger partial charge in [0.2, 0.25) is 15.9 Å². The van der Waals surface area contributed by atoms with Crippen LogP contribution >= 0.6 is 23.2 Å². The fraction of sp³-hybridized carbons (Fsp3) is 0.350. The van der Waals surface area contributed by atoms with Crippen LogP contribution in [0.1, 0.15) is 24.0 Å². The van der Waals surface area contributed by atoms with Crippen LogP contribution in [-0.2, 0) is 20.6 Å². The predicted molar refractivity (Wildman–Crippen MR) is 113 cm³/mol. The molecule has 1 N–H and O–H groups in total. The van der Waals surface area contributed by atoms with Crippen molar-refractivity contribution in [3.63, 3.8) is 0 Å². The second-order valence-corrected chi connectivity index (χ2v) is 9.79. The van der Waals surface area contributed by atoms with Crippen molar-refractivity contribution in [3.8, 4) is 0 Å². The average Bonchev–Trinajstić information content (AvgIpc) is 2.66. The highest BCUT2D eigenvalue weighted by atomic mass is 35.5. The van der Waals surface area contributed by atoms with Crippen LogP contribution in [0, 0.1) is 12.8 Å². The summed E-state index contributed by atoms with van der Waals surface area (Å²) < 4.78 is 27.1. The van der Waals surface area contributed by atoms with E-state index in [-0.39, 0.29) is 24.1 Å². The van der Waals surface area contributed by atoms with Crippen molar-refractivity contribution in [3.05, 3.63) is 63.6 Å². The molecule has 3 rings (SSSR count). The third-order valence-corrected chi connectivity index (χ3v) is 7.44. The largest absolute Gasteiger partial charge is 0.326 e. The molecule has 1 heterocycles. The molecule has 2 aromatic carbocycles. The zero-order chi connectivity index (χ0) is 20.3. The van der Waals surface area contributed by atoms with Gasteiger partial charge in [0.05, 0.1) is 21.7 Å². The number of nitrogens with one attached hydrogen (secondary N) is 1. The Bertz CT molecular complexity index is 979. The van der Waals surface area contributed by atoms with Gasteiger partial charge in [0.25, 0.3) is 0 Å². The average molecular weight is 441 g/mol. The van der Waals surface area contributed by atoms with E-state index < -0.39 is 10.0 Å². The summed E-state index contributed by atoms with van der Waals surface area (Å²) in [6, 6.07) is 12.3. The van der Waals surface area contributed by atoms with Crippen molar-refractivity contribution in [2.75, 3.05) is 18.4 Å². The Morgan fingerprint density at radius 2 is 1.93 bits per heavy atom. The molecule has 1 aliphatic heterocycles. The van der Waals surface area contributed by atoms with Gasteiger partial charge in [-0.25, -0.2) is 12.7 Å². The number of benzene rings is 2. The van der Waals surface area contributed by atoms with Crippen LogP contribution in [0.3, 0.4) is 0 Å². The van der Waals surface area contributed by atoms with E-state index >= 15 is 0 Å². The smallest absolute Gasteiger partial charge is 0.228 e. The molecule has 0 aromatic heterocycles. The second-order valence-electron chi connectivity index (χ2n) is 7.01. The summed E-state index contributed by atoms with van der Waals surface area (Å²) in [5.41, 5.74) is 2.29. The molecular formula is C20H22Cl2N2O3S. The van der Waals surface area contributed by atoms with Gasteiger partial charge in [0, 0.05) is 18.8 Å². The van der Waals surface area contributed by atoms with E-state index in [1.54, 1.807) is 18.2 Å². The lowest BCUT2D eigenvalue weighted by atomic mass is 9.98. The van der Waals surface area contributed by atoms with Gasteiger partial charge in [-0.05, 0) is 49.1 Å². The number of para-hydroxylation sites is 1. The number of hydrogen-bond donors (Lipinski definition) is 1. The molecule has 2 aromatic rings. The van der Waals surface area contributed by atoms with Gasteiger partial charge >= 0.3 is 0 Å². The molecule has 28 heavy (non-hydrogen) atoms. The van der Waals surface area contributed by atoms with Crippen molar-refractivity contribution < 1.29 is 13.2 Å². The van der Waals surface area contributed by atoms with Crippen LogP contribution in [0.15, 0.2) is 42.5 Å². The highest BCUT2D eigenvalue weighted by molar-refractivity contribution is 7.88. The first-order valence-electron chi connectivity index (χ1n) is 9.04. The molecule has 0 saturated carbocycles. The maximum Gasteiger partial charge on any atom is 0.228 e. The summed E-state index contributed by atoms with van der Waals surface area (Å²) in [6.45, 7) is 2.52. The molecule has 0 aliphatic carbocycles. The zero-order valence-corrected chi connectivity index (χ0v) is 17.8. The molecular weight excluding hydrogens is 419 g/mol. The van der Waals surface area contributed by atoms with Crippen LogP contribution in [0.4, 0.5) is 5.69 Å². The summed E-state index contributed by atoms with van der Waals surface area (Å²) in [4.78, 5) is 12.7. The quantitative estimate of drug-likeness (QED) is 0.744. The van der Waals surface area contributed by atoms with Crippen molar-refractivity contribution in [2.24, 2.45) is 5.92 Å². The number of carbonyl (C=O) groups is 1. The lowest BCUT2D eigenvalue weighted by molar-refractivity contribution is -0.120. The van der Waals surface area contributed by atoms with E-state index in [1.807, 2.05) is 31.2 Å². The summed E-state index contributed by atoms with van der Waals surface area (Å²) in [5.74, 6) is -0.698. The Hall–Kier alpha value is -1.60. The number of sulfonamides is 1. The number of aryl methyl sites for hydroxylation is 1. The minimum atomic E-state index is -3.56. The predicted octanol–water partition coefficient (Wildman–Crippen LogP) is 4.48. The second kappa shape index (κ2) is 8.82. The lowest BCUT2D eigenvalue weighted by Crippen LogP contribution is -2.44. The van der Waals surface area contributed by atoms with Gasteiger partial charge in [-0.3, -0.25) is 4.79 Å². The topological polar surface area (TPSA) is 66.5 Å². The van der Waals surface area contributed by atoms with Crippen molar-refractivity contribution in [1.82, 2.24) is 4.31 Å². The first-order chi connectivity index (χ1) is 13.3. The van der Waals surface area contributed by atoms with E-state index in [0.29, 0.717) is 35.0 Å². The summed E-state index contributed by atoms with van der Waals surface area (Å²) in [7, 11) is -3.56. The molecule has 1 fully saturated rings. The SMILES string of the molecule is Cc1ccccc1NC(=O)[C@@H]1CCCN(S(=O)(=O)Cc2ccc(Cl)c(Cl)c2)C1. The van der Waals surface area contributed by atoms with E-state index in [9.17, 15) is 13.2 Å². The Morgan fingerprint density at radius 1 is 1.18 bits per heavy atom. The van der Waals surface area contributed by atoms with Crippen molar-refractivity contribution in [1.29, 1.82) is 0 Å². The number of nitrogens with zero attached hydrogens (tertiary/aromatic N) is 1. The van der Waals surface area contributed by atoms with Crippen LogP contribution in [0.5, 0.6) is 0 Å². The minimum Gasteiger partial charge on any atom is -0.326 e. The molecule has 1 saturated heterocycles. The summed E-state index contributed by atoms with van der Waals surface area (Å²) >= 11 is 11.9. The van der Waals surface area contributed by atoms with Crippen molar-refractivity contribution >= 4 is 44.8 Å². The van der Waals surface area contributed by atoms with Gasteiger partial charge in [-0.1, -0.05) is 47.5 Å². The van der Waals surface area contributed by atoms with Gasteiger partial charge in [0.15, 0.2) is 0 Å². The number of carbonyl (C=O) groups excluding carboxylic acids is 1. The molecule has 0 bridgehead atoms. The fourth-order valence-corrected chi connectivity index (χ4v) is 5.21. The molecule has 1 atom stereocenters. The number of hydrogen-bond acceptors (Lipinski definition) is 3. The first kappa shape index (κ1) is 21.1. The molecule has 0 radical (unpaired) electrons. The van der Waals surface area contributed by atoms with E-state index in [4.69, 9.17) is 23.2 Å². The molecule has 8 heteroatoms. The van der Waals surface area contributed by atoms with Gasteiger partial charge < -0.3 is 5.32 Å². The van der Waals surface area contributed by atoms with Gasteiger partial charge in [-0.2, -0.15) is 0 Å². The third-order valence-electron chi connectivity index (χ3n) is 4.88. The molecule has 0 spiro atoms. The van der Waals surface area contributed by atoms with E-state index in [0.717, 1.165) is 11.3 Å². The zero-order valence-electron chi connectivity index (χ0n) is 15.5. The number of rotatable bonds is 5. The van der Waals surface area contributed by atoms with Crippen LogP contribution in [0.2, 0.25) is 10.0 Å². The van der Waals surface area contributed by atoms with E-state index in [2.05, 4.69) is 5.32 Å². The number of anilines is 1. The molecule has 1 amide bonds. The van der Waals surface area contributed by atoms with Gasteiger partial charge in [0.1, 0.15) is 0 Å². The van der Waals surface area contributed by atoms with Gasteiger partial charge in [-0.15, -0.1) is 0 Å². The Morgan fingerprint density at radius 3 is 2.64 bits per heavy atom. The normalized spacial score (nSPS) is 18.0. The molecule has 1 aliphatic rings. The van der Waals surface area contributed by atoms with Crippen LogP contribution in [-0.4, -0.2) is 31.7 Å². The maximum absolute atomic E-state index is 12.8. The fourth-order valence-electron chi connectivity index (χ4n) is 3.29. The number of halogens is 2. The Kier molecular flexibility index (Phi) is 6.65. The highest BCUT2D eigenvalue weighted by Gasteiger charge is 2.32. The lowest BCUT2D eigenvalue weighted by Gasteiger charge is -2.31. The van der Waals surface area contributed by atoms with Crippen molar-refractivity contribution in [2.45, 2.75) is 25.5 Å². The summed E-state index contributed by atoms with van der Waals surface area (Å²) in [5, 5.41) is 3.63. The molecule has 150 valence electrons. The molecule has 0 unspecified atom stereocenters. The number of piperidine rings is 1. The Labute approximate surface area is 175 Å². The minimum absolute atomic E-state index is 0.149. The standard InChI is InChI=1S/C20H22Cl2N2O3S/c1-14-5-2-3-7-19(14)23-20(25)16-6-4-10-24(12-16)28(26,27)13-15-8-9-17(21)18(22)11-15/h2-3,5,7-9,11,16H,4,6,10,12-13H2,1H3,(H,23,25)/t16-/m1/s1. The molecule has 5 nitrogen and oxygen atoms in total. The maximum atomic E-state index is 12.8. The summed E-state index contributed by atoms with van der Waals surface area (Å²) in [6.07, 6.45) is 1.31. The highest BCUT2D eigenvalue weighted by Crippen LogP contribution is 2.26.